The lowest BCUT2D eigenvalue weighted by molar-refractivity contribution is -0.133. The Balaban J connectivity index is 2.02. The molecular weight excluding hydrogens is 247 g/mol. The molecule has 1 aliphatic rings. The molecule has 0 saturated heterocycles. The Hall–Kier alpha value is -0.770. The van der Waals surface area contributed by atoms with Gasteiger partial charge in [0.15, 0.2) is 0 Å². The van der Waals surface area contributed by atoms with Crippen molar-refractivity contribution in [2.24, 2.45) is 11.8 Å². The SMILES string of the molecule is NN(Cc1ccc(Cl)c(Cl)c1)C(=O)C1CC1. The smallest absolute Gasteiger partial charge is 0.239 e. The zero-order valence-electron chi connectivity index (χ0n) is 8.62. The van der Waals surface area contributed by atoms with E-state index in [1.54, 1.807) is 12.1 Å². The number of nitrogens with two attached hydrogens (primary N) is 1. The molecule has 5 heteroatoms. The van der Waals surface area contributed by atoms with Crippen molar-refractivity contribution in [1.29, 1.82) is 0 Å². The van der Waals surface area contributed by atoms with Crippen molar-refractivity contribution in [3.05, 3.63) is 33.8 Å². The zero-order valence-corrected chi connectivity index (χ0v) is 10.1. The van der Waals surface area contributed by atoms with E-state index in [9.17, 15) is 4.79 Å². The maximum atomic E-state index is 11.6. The molecule has 86 valence electrons. The van der Waals surface area contributed by atoms with Crippen molar-refractivity contribution in [1.82, 2.24) is 5.01 Å². The summed E-state index contributed by atoms with van der Waals surface area (Å²) >= 11 is 11.7. The van der Waals surface area contributed by atoms with Crippen molar-refractivity contribution in [3.63, 3.8) is 0 Å². The molecule has 16 heavy (non-hydrogen) atoms. The van der Waals surface area contributed by atoms with Gasteiger partial charge in [-0.2, -0.15) is 0 Å². The molecule has 0 unspecified atom stereocenters. The summed E-state index contributed by atoms with van der Waals surface area (Å²) in [5.74, 6) is 5.82. The Morgan fingerprint density at radius 3 is 2.62 bits per heavy atom. The normalized spacial score (nSPS) is 14.9. The molecule has 0 aromatic heterocycles. The van der Waals surface area contributed by atoms with Crippen LogP contribution in [0.5, 0.6) is 0 Å². The van der Waals surface area contributed by atoms with E-state index in [1.165, 1.54) is 5.01 Å². The minimum Gasteiger partial charge on any atom is -0.276 e. The number of hydrazine groups is 1. The van der Waals surface area contributed by atoms with Gasteiger partial charge >= 0.3 is 0 Å². The second-order valence-electron chi connectivity index (χ2n) is 3.99. The molecule has 0 aliphatic heterocycles. The molecule has 2 N–H and O–H groups in total. The molecule has 0 heterocycles. The van der Waals surface area contributed by atoms with E-state index in [2.05, 4.69) is 0 Å². The second-order valence-corrected chi connectivity index (χ2v) is 4.80. The van der Waals surface area contributed by atoms with Crippen LogP contribution in [0.4, 0.5) is 0 Å². The number of hydrogen-bond donors (Lipinski definition) is 1. The molecule has 1 aromatic rings. The van der Waals surface area contributed by atoms with Crippen LogP contribution in [0.25, 0.3) is 0 Å². The van der Waals surface area contributed by atoms with Crippen LogP contribution in [0.3, 0.4) is 0 Å². The fourth-order valence-electron chi connectivity index (χ4n) is 1.48. The number of halogens is 2. The molecule has 1 aromatic carbocycles. The van der Waals surface area contributed by atoms with Crippen molar-refractivity contribution in [2.75, 3.05) is 0 Å². The predicted octanol–water partition coefficient (Wildman–Crippen LogP) is 2.61. The van der Waals surface area contributed by atoms with Crippen molar-refractivity contribution < 1.29 is 4.79 Å². The highest BCUT2D eigenvalue weighted by atomic mass is 35.5. The first-order chi connectivity index (χ1) is 7.58. The number of nitrogens with zero attached hydrogens (tertiary/aromatic N) is 1. The first-order valence-electron chi connectivity index (χ1n) is 5.08. The van der Waals surface area contributed by atoms with E-state index in [0.717, 1.165) is 18.4 Å². The lowest BCUT2D eigenvalue weighted by atomic mass is 10.2. The highest BCUT2D eigenvalue weighted by Gasteiger charge is 2.32. The van der Waals surface area contributed by atoms with Crippen LogP contribution in [-0.4, -0.2) is 10.9 Å². The summed E-state index contributed by atoms with van der Waals surface area (Å²) in [4.78, 5) is 11.6. The molecule has 2 rings (SSSR count). The second kappa shape index (κ2) is 4.62. The Bertz CT molecular complexity index is 418. The maximum Gasteiger partial charge on any atom is 0.239 e. The standard InChI is InChI=1S/C11H12Cl2N2O/c12-9-4-1-7(5-10(9)13)6-15(14)11(16)8-2-3-8/h1,4-5,8H,2-3,6,14H2. The van der Waals surface area contributed by atoms with E-state index in [1.807, 2.05) is 6.07 Å². The molecule has 1 amide bonds. The third-order valence-electron chi connectivity index (χ3n) is 2.55. The lowest BCUT2D eigenvalue weighted by Gasteiger charge is -2.16. The first-order valence-corrected chi connectivity index (χ1v) is 5.83. The third-order valence-corrected chi connectivity index (χ3v) is 3.29. The Labute approximate surface area is 104 Å². The van der Waals surface area contributed by atoms with E-state index >= 15 is 0 Å². The topological polar surface area (TPSA) is 46.3 Å². The highest BCUT2D eigenvalue weighted by Crippen LogP contribution is 2.31. The number of carbonyl (C=O) groups is 1. The molecule has 0 atom stereocenters. The number of hydrogen-bond acceptors (Lipinski definition) is 2. The minimum atomic E-state index is 0.00562. The van der Waals surface area contributed by atoms with Gasteiger partial charge in [0.25, 0.3) is 0 Å². The Kier molecular flexibility index (Phi) is 3.38. The van der Waals surface area contributed by atoms with Crippen molar-refractivity contribution >= 4 is 29.1 Å². The number of carbonyl (C=O) groups excluding carboxylic acids is 1. The minimum absolute atomic E-state index is 0.00562. The van der Waals surface area contributed by atoms with Gasteiger partial charge in [0.2, 0.25) is 5.91 Å². The molecule has 0 radical (unpaired) electrons. The van der Waals surface area contributed by atoms with Crippen LogP contribution in [0.15, 0.2) is 18.2 Å². The van der Waals surface area contributed by atoms with Gasteiger partial charge in [-0.25, -0.2) is 5.84 Å². The first kappa shape index (κ1) is 11.7. The van der Waals surface area contributed by atoms with Gasteiger partial charge in [0.05, 0.1) is 16.6 Å². The van der Waals surface area contributed by atoms with Gasteiger partial charge in [-0.15, -0.1) is 0 Å². The number of rotatable bonds is 3. The van der Waals surface area contributed by atoms with Crippen LogP contribution in [0.1, 0.15) is 18.4 Å². The summed E-state index contributed by atoms with van der Waals surface area (Å²) in [6, 6.07) is 5.24. The largest absolute Gasteiger partial charge is 0.276 e. The van der Waals surface area contributed by atoms with Crippen LogP contribution in [0, 0.1) is 5.92 Å². The Morgan fingerprint density at radius 1 is 1.38 bits per heavy atom. The quantitative estimate of drug-likeness (QED) is 0.515. The zero-order chi connectivity index (χ0) is 11.7. The van der Waals surface area contributed by atoms with E-state index in [-0.39, 0.29) is 11.8 Å². The maximum absolute atomic E-state index is 11.6. The molecule has 0 bridgehead atoms. The van der Waals surface area contributed by atoms with Gasteiger partial charge in [0, 0.05) is 5.92 Å². The van der Waals surface area contributed by atoms with Gasteiger partial charge in [-0.05, 0) is 30.5 Å². The van der Waals surface area contributed by atoms with Crippen molar-refractivity contribution in [3.8, 4) is 0 Å². The molecule has 0 spiro atoms. The van der Waals surface area contributed by atoms with Crippen molar-refractivity contribution in [2.45, 2.75) is 19.4 Å². The third kappa shape index (κ3) is 2.67. The summed E-state index contributed by atoms with van der Waals surface area (Å²) in [5, 5.41) is 2.23. The van der Waals surface area contributed by atoms with Crippen LogP contribution < -0.4 is 5.84 Å². The van der Waals surface area contributed by atoms with E-state index < -0.39 is 0 Å². The van der Waals surface area contributed by atoms with Crippen LogP contribution >= 0.6 is 23.2 Å². The summed E-state index contributed by atoms with van der Waals surface area (Å²) in [6.45, 7) is 0.367. The van der Waals surface area contributed by atoms with Gasteiger partial charge in [0.1, 0.15) is 0 Å². The molecule has 1 aliphatic carbocycles. The average molecular weight is 259 g/mol. The predicted molar refractivity (Wildman–Crippen MR) is 63.9 cm³/mol. The molecule has 3 nitrogen and oxygen atoms in total. The van der Waals surface area contributed by atoms with Crippen LogP contribution in [0.2, 0.25) is 10.0 Å². The molecule has 1 saturated carbocycles. The highest BCUT2D eigenvalue weighted by molar-refractivity contribution is 6.42. The van der Waals surface area contributed by atoms with Crippen LogP contribution in [-0.2, 0) is 11.3 Å². The Morgan fingerprint density at radius 2 is 2.06 bits per heavy atom. The summed E-state index contributed by atoms with van der Waals surface area (Å²) in [5.41, 5.74) is 0.880. The fraction of sp³-hybridized carbons (Fsp3) is 0.364. The monoisotopic (exact) mass is 258 g/mol. The number of amides is 1. The van der Waals surface area contributed by atoms with E-state index in [4.69, 9.17) is 29.0 Å². The summed E-state index contributed by atoms with van der Waals surface area (Å²) in [7, 11) is 0. The molecular formula is C11H12Cl2N2O. The summed E-state index contributed by atoms with van der Waals surface area (Å²) in [6.07, 6.45) is 1.90. The average Bonchev–Trinajstić information content (AvgIpc) is 3.06. The van der Waals surface area contributed by atoms with Gasteiger partial charge in [-0.3, -0.25) is 9.80 Å². The van der Waals surface area contributed by atoms with Gasteiger partial charge < -0.3 is 0 Å². The summed E-state index contributed by atoms with van der Waals surface area (Å²) < 4.78 is 0. The molecule has 1 fully saturated rings. The number of benzene rings is 1. The lowest BCUT2D eigenvalue weighted by Crippen LogP contribution is -2.37. The van der Waals surface area contributed by atoms with E-state index in [0.29, 0.717) is 16.6 Å². The fourth-order valence-corrected chi connectivity index (χ4v) is 1.80. The van der Waals surface area contributed by atoms with Gasteiger partial charge in [-0.1, -0.05) is 29.3 Å².